The Morgan fingerprint density at radius 3 is 2.44 bits per heavy atom. The number of aryl methyl sites for hydroxylation is 2. The lowest BCUT2D eigenvalue weighted by molar-refractivity contribution is 0.598. The molecule has 1 aromatic carbocycles. The SMILES string of the molecule is CCNC(=NCc1ccccc1CC)NCCCCn1cnnc1.I. The molecular formula is C18H29IN6. The molecule has 0 fully saturated rings. The number of guanidine groups is 1. The predicted molar refractivity (Wildman–Crippen MR) is 113 cm³/mol. The first kappa shape index (κ1) is 21.4. The molecule has 7 heteroatoms. The fourth-order valence-electron chi connectivity index (χ4n) is 2.53. The summed E-state index contributed by atoms with van der Waals surface area (Å²) in [5.41, 5.74) is 2.66. The van der Waals surface area contributed by atoms with Gasteiger partial charge in [-0.1, -0.05) is 31.2 Å². The lowest BCUT2D eigenvalue weighted by atomic mass is 10.1. The van der Waals surface area contributed by atoms with Gasteiger partial charge < -0.3 is 15.2 Å². The second-order valence-electron chi connectivity index (χ2n) is 5.65. The minimum atomic E-state index is 0. The maximum Gasteiger partial charge on any atom is 0.191 e. The van der Waals surface area contributed by atoms with Crippen LogP contribution in [0.3, 0.4) is 0 Å². The molecule has 1 aromatic heterocycles. The van der Waals surface area contributed by atoms with Crippen LogP contribution in [-0.4, -0.2) is 33.8 Å². The zero-order chi connectivity index (χ0) is 17.0. The van der Waals surface area contributed by atoms with E-state index < -0.39 is 0 Å². The fourth-order valence-corrected chi connectivity index (χ4v) is 2.53. The second kappa shape index (κ2) is 12.7. The first-order valence-corrected chi connectivity index (χ1v) is 8.74. The first-order valence-electron chi connectivity index (χ1n) is 8.74. The van der Waals surface area contributed by atoms with Crippen LogP contribution in [0, 0.1) is 0 Å². The average molecular weight is 456 g/mol. The topological polar surface area (TPSA) is 67.1 Å². The molecule has 2 N–H and O–H groups in total. The van der Waals surface area contributed by atoms with Gasteiger partial charge in [0.15, 0.2) is 5.96 Å². The van der Waals surface area contributed by atoms with Gasteiger partial charge in [0.1, 0.15) is 12.7 Å². The van der Waals surface area contributed by atoms with Crippen molar-refractivity contribution in [2.75, 3.05) is 13.1 Å². The van der Waals surface area contributed by atoms with Crippen LogP contribution in [0.1, 0.15) is 37.8 Å². The van der Waals surface area contributed by atoms with Crippen molar-refractivity contribution in [3.05, 3.63) is 48.0 Å². The predicted octanol–water partition coefficient (Wildman–Crippen LogP) is 2.99. The summed E-state index contributed by atoms with van der Waals surface area (Å²) in [5, 5.41) is 14.3. The van der Waals surface area contributed by atoms with Gasteiger partial charge in [-0.2, -0.15) is 0 Å². The van der Waals surface area contributed by atoms with Crippen molar-refractivity contribution < 1.29 is 0 Å². The highest BCUT2D eigenvalue weighted by molar-refractivity contribution is 14.0. The Kier molecular flexibility index (Phi) is 10.9. The Hall–Kier alpha value is -1.64. The number of benzene rings is 1. The molecule has 0 saturated carbocycles. The first-order chi connectivity index (χ1) is 11.8. The maximum atomic E-state index is 4.71. The van der Waals surface area contributed by atoms with Crippen molar-refractivity contribution in [1.29, 1.82) is 0 Å². The highest BCUT2D eigenvalue weighted by atomic mass is 127. The molecular weight excluding hydrogens is 427 g/mol. The van der Waals surface area contributed by atoms with Gasteiger partial charge in [-0.15, -0.1) is 34.2 Å². The number of nitrogens with one attached hydrogen (secondary N) is 2. The molecule has 25 heavy (non-hydrogen) atoms. The van der Waals surface area contributed by atoms with Crippen LogP contribution in [0.4, 0.5) is 0 Å². The maximum absolute atomic E-state index is 4.71. The number of hydrogen-bond acceptors (Lipinski definition) is 3. The molecule has 2 aromatic rings. The van der Waals surface area contributed by atoms with E-state index in [0.717, 1.165) is 44.9 Å². The summed E-state index contributed by atoms with van der Waals surface area (Å²) in [6, 6.07) is 8.50. The molecule has 0 amide bonds. The molecule has 0 atom stereocenters. The van der Waals surface area contributed by atoms with Crippen molar-refractivity contribution >= 4 is 29.9 Å². The van der Waals surface area contributed by atoms with Crippen LogP contribution in [0.25, 0.3) is 0 Å². The summed E-state index contributed by atoms with van der Waals surface area (Å²) >= 11 is 0. The molecule has 0 bridgehead atoms. The third kappa shape index (κ3) is 7.85. The summed E-state index contributed by atoms with van der Waals surface area (Å²) in [6.45, 7) is 7.70. The third-order valence-corrected chi connectivity index (χ3v) is 3.85. The molecule has 2 rings (SSSR count). The van der Waals surface area contributed by atoms with Crippen molar-refractivity contribution in [3.8, 4) is 0 Å². The smallest absolute Gasteiger partial charge is 0.191 e. The van der Waals surface area contributed by atoms with E-state index in [1.807, 2.05) is 4.57 Å². The van der Waals surface area contributed by atoms with E-state index in [1.54, 1.807) is 12.7 Å². The van der Waals surface area contributed by atoms with Gasteiger partial charge in [-0.05, 0) is 37.3 Å². The summed E-state index contributed by atoms with van der Waals surface area (Å²) in [4.78, 5) is 4.71. The van der Waals surface area contributed by atoms with E-state index in [9.17, 15) is 0 Å². The van der Waals surface area contributed by atoms with E-state index in [4.69, 9.17) is 4.99 Å². The van der Waals surface area contributed by atoms with Gasteiger partial charge >= 0.3 is 0 Å². The summed E-state index contributed by atoms with van der Waals surface area (Å²) in [5.74, 6) is 0.882. The van der Waals surface area contributed by atoms with Crippen molar-refractivity contribution in [3.63, 3.8) is 0 Å². The molecule has 0 unspecified atom stereocenters. The van der Waals surface area contributed by atoms with Crippen LogP contribution in [-0.2, 0) is 19.5 Å². The number of aliphatic imine (C=N–C) groups is 1. The zero-order valence-corrected chi connectivity index (χ0v) is 17.4. The molecule has 0 aliphatic heterocycles. The number of aromatic nitrogens is 3. The highest BCUT2D eigenvalue weighted by Crippen LogP contribution is 2.10. The standard InChI is InChI=1S/C18H28N6.HI/c1-3-16-9-5-6-10-17(16)13-21-18(19-4-2)20-11-7-8-12-24-14-22-23-15-24;/h5-6,9-10,14-15H,3-4,7-8,11-13H2,1-2H3,(H2,19,20,21);1H. The minimum absolute atomic E-state index is 0. The summed E-state index contributed by atoms with van der Waals surface area (Å²) in [6.07, 6.45) is 6.71. The monoisotopic (exact) mass is 456 g/mol. The molecule has 0 saturated heterocycles. The number of halogens is 1. The molecule has 0 aliphatic rings. The lowest BCUT2D eigenvalue weighted by Crippen LogP contribution is -2.37. The van der Waals surface area contributed by atoms with Crippen LogP contribution < -0.4 is 10.6 Å². The van der Waals surface area contributed by atoms with Gasteiger partial charge in [-0.25, -0.2) is 4.99 Å². The fraction of sp³-hybridized carbons (Fsp3) is 0.500. The van der Waals surface area contributed by atoms with Gasteiger partial charge in [-0.3, -0.25) is 0 Å². The Balaban J connectivity index is 0.00000312. The molecule has 0 aliphatic carbocycles. The van der Waals surface area contributed by atoms with Gasteiger partial charge in [0.25, 0.3) is 0 Å². The van der Waals surface area contributed by atoms with E-state index in [1.165, 1.54) is 11.1 Å². The molecule has 138 valence electrons. The lowest BCUT2D eigenvalue weighted by Gasteiger charge is -2.12. The van der Waals surface area contributed by atoms with E-state index in [2.05, 4.69) is 58.9 Å². The van der Waals surface area contributed by atoms with Gasteiger partial charge in [0.05, 0.1) is 6.54 Å². The number of unbranched alkanes of at least 4 members (excludes halogenated alkanes) is 1. The van der Waals surface area contributed by atoms with Crippen molar-refractivity contribution in [2.45, 2.75) is 46.2 Å². The molecule has 0 radical (unpaired) electrons. The van der Waals surface area contributed by atoms with Crippen LogP contribution in [0.2, 0.25) is 0 Å². The second-order valence-corrected chi connectivity index (χ2v) is 5.65. The summed E-state index contributed by atoms with van der Waals surface area (Å²) < 4.78 is 2.00. The third-order valence-electron chi connectivity index (χ3n) is 3.85. The highest BCUT2D eigenvalue weighted by Gasteiger charge is 2.01. The number of nitrogens with zero attached hydrogens (tertiary/aromatic N) is 4. The number of rotatable bonds is 9. The molecule has 6 nitrogen and oxygen atoms in total. The average Bonchev–Trinajstić information content (AvgIpc) is 3.13. The quantitative estimate of drug-likeness (QED) is 0.264. The van der Waals surface area contributed by atoms with E-state index in [-0.39, 0.29) is 24.0 Å². The summed E-state index contributed by atoms with van der Waals surface area (Å²) in [7, 11) is 0. The largest absolute Gasteiger partial charge is 0.357 e. The van der Waals surface area contributed by atoms with Crippen LogP contribution in [0.5, 0.6) is 0 Å². The van der Waals surface area contributed by atoms with E-state index in [0.29, 0.717) is 6.54 Å². The minimum Gasteiger partial charge on any atom is -0.357 e. The normalized spacial score (nSPS) is 11.0. The Morgan fingerprint density at radius 1 is 1.04 bits per heavy atom. The zero-order valence-electron chi connectivity index (χ0n) is 15.1. The van der Waals surface area contributed by atoms with Crippen molar-refractivity contribution in [2.24, 2.45) is 4.99 Å². The van der Waals surface area contributed by atoms with E-state index >= 15 is 0 Å². The van der Waals surface area contributed by atoms with Gasteiger partial charge in [0, 0.05) is 19.6 Å². The van der Waals surface area contributed by atoms with Gasteiger partial charge in [0.2, 0.25) is 0 Å². The van der Waals surface area contributed by atoms with Crippen LogP contribution >= 0.6 is 24.0 Å². The Morgan fingerprint density at radius 2 is 1.76 bits per heavy atom. The Bertz CT molecular complexity index is 612. The number of hydrogen-bond donors (Lipinski definition) is 2. The van der Waals surface area contributed by atoms with Crippen LogP contribution in [0.15, 0.2) is 41.9 Å². The Labute approximate surface area is 167 Å². The molecule has 0 spiro atoms. The molecule has 1 heterocycles. The van der Waals surface area contributed by atoms with Crippen molar-refractivity contribution in [1.82, 2.24) is 25.4 Å².